The molecule has 4 heteroatoms. The number of thiophene rings is 1. The van der Waals surface area contributed by atoms with E-state index in [0.717, 1.165) is 18.4 Å². The highest BCUT2D eigenvalue weighted by atomic mass is 32.1. The highest BCUT2D eigenvalue weighted by Crippen LogP contribution is 2.38. The highest BCUT2D eigenvalue weighted by Gasteiger charge is 2.27. The van der Waals surface area contributed by atoms with Gasteiger partial charge in [0.15, 0.2) is 0 Å². The molecule has 0 radical (unpaired) electrons. The van der Waals surface area contributed by atoms with Crippen molar-refractivity contribution in [2.24, 2.45) is 11.8 Å². The number of anilines is 1. The smallest absolute Gasteiger partial charge is 0.341 e. The first-order valence-electron chi connectivity index (χ1n) is 6.56. The Labute approximate surface area is 112 Å². The summed E-state index contributed by atoms with van der Waals surface area (Å²) in [5.41, 5.74) is 7.78. The van der Waals surface area contributed by atoms with Gasteiger partial charge in [-0.05, 0) is 36.7 Å². The number of esters is 1. The molecule has 1 atom stereocenters. The van der Waals surface area contributed by atoms with Crippen LogP contribution in [0.2, 0.25) is 0 Å². The third-order valence-corrected chi connectivity index (χ3v) is 4.41. The second-order valence-corrected chi connectivity index (χ2v) is 6.72. The first kappa shape index (κ1) is 13.4. The number of carbonyl (C=O) groups is 1. The van der Waals surface area contributed by atoms with Crippen LogP contribution in [0.15, 0.2) is 0 Å². The van der Waals surface area contributed by atoms with Gasteiger partial charge in [0, 0.05) is 4.88 Å². The fraction of sp³-hybridized carbons (Fsp3) is 0.643. The lowest BCUT2D eigenvalue weighted by atomic mass is 9.88. The van der Waals surface area contributed by atoms with Crippen LogP contribution in [0.1, 0.15) is 48.0 Å². The van der Waals surface area contributed by atoms with Crippen molar-refractivity contribution in [2.75, 3.05) is 12.3 Å². The molecule has 100 valence electrons. The van der Waals surface area contributed by atoms with Crippen molar-refractivity contribution in [2.45, 2.75) is 40.0 Å². The first-order valence-corrected chi connectivity index (χ1v) is 7.37. The number of nitrogen functional groups attached to an aromatic ring is 1. The van der Waals surface area contributed by atoms with Crippen molar-refractivity contribution in [3.8, 4) is 0 Å². The molecule has 0 aliphatic heterocycles. The van der Waals surface area contributed by atoms with Crippen LogP contribution in [0.25, 0.3) is 0 Å². The molecule has 0 fully saturated rings. The molecule has 1 heterocycles. The van der Waals surface area contributed by atoms with Gasteiger partial charge in [-0.25, -0.2) is 4.79 Å². The Morgan fingerprint density at radius 3 is 2.94 bits per heavy atom. The number of aryl methyl sites for hydroxylation is 1. The van der Waals surface area contributed by atoms with E-state index in [9.17, 15) is 4.79 Å². The Morgan fingerprint density at radius 2 is 2.28 bits per heavy atom. The minimum Gasteiger partial charge on any atom is -0.462 e. The summed E-state index contributed by atoms with van der Waals surface area (Å²) in [6, 6.07) is 0. The van der Waals surface area contributed by atoms with Gasteiger partial charge in [-0.2, -0.15) is 0 Å². The van der Waals surface area contributed by atoms with E-state index in [4.69, 9.17) is 10.5 Å². The van der Waals surface area contributed by atoms with Gasteiger partial charge in [0.05, 0.1) is 12.2 Å². The van der Waals surface area contributed by atoms with Crippen LogP contribution >= 0.6 is 11.3 Å². The fourth-order valence-electron chi connectivity index (χ4n) is 2.32. The molecule has 1 aliphatic rings. The van der Waals surface area contributed by atoms with Crippen LogP contribution in [0.5, 0.6) is 0 Å². The molecule has 3 nitrogen and oxygen atoms in total. The normalized spacial score (nSPS) is 18.8. The summed E-state index contributed by atoms with van der Waals surface area (Å²) in [6.45, 7) is 6.74. The van der Waals surface area contributed by atoms with Crippen molar-refractivity contribution in [1.82, 2.24) is 0 Å². The minimum absolute atomic E-state index is 0.243. The van der Waals surface area contributed by atoms with Gasteiger partial charge in [-0.1, -0.05) is 20.8 Å². The van der Waals surface area contributed by atoms with Crippen molar-refractivity contribution >= 4 is 22.3 Å². The standard InChI is InChI=1S/C14H21NO2S/c1-8(2)7-17-14(16)12-10-6-9(3)4-5-11(10)18-13(12)15/h8-9H,4-7,15H2,1-3H3. The van der Waals surface area contributed by atoms with E-state index in [1.807, 2.05) is 13.8 Å². The molecule has 1 aliphatic carbocycles. The summed E-state index contributed by atoms with van der Waals surface area (Å²) in [5.74, 6) is 0.736. The molecule has 0 aromatic carbocycles. The zero-order valence-electron chi connectivity index (χ0n) is 11.3. The Bertz CT molecular complexity index is 451. The minimum atomic E-state index is -0.243. The maximum Gasteiger partial charge on any atom is 0.341 e. The third kappa shape index (κ3) is 2.69. The summed E-state index contributed by atoms with van der Waals surface area (Å²) in [5, 5.41) is 0.628. The second-order valence-electron chi connectivity index (χ2n) is 5.58. The number of ether oxygens (including phenoxy) is 1. The molecule has 0 saturated heterocycles. The maximum atomic E-state index is 12.1. The molecular weight excluding hydrogens is 246 g/mol. The third-order valence-electron chi connectivity index (χ3n) is 3.29. The molecule has 0 saturated carbocycles. The molecule has 1 unspecified atom stereocenters. The predicted octanol–water partition coefficient (Wildman–Crippen LogP) is 3.27. The zero-order valence-corrected chi connectivity index (χ0v) is 12.1. The summed E-state index contributed by atoms with van der Waals surface area (Å²) < 4.78 is 5.32. The fourth-order valence-corrected chi connectivity index (χ4v) is 3.42. The SMILES string of the molecule is CC(C)COC(=O)c1c(N)sc2c1CC(C)CC2. The largest absolute Gasteiger partial charge is 0.462 e. The maximum absolute atomic E-state index is 12.1. The van der Waals surface area contributed by atoms with Gasteiger partial charge in [0.1, 0.15) is 5.00 Å². The Hall–Kier alpha value is -1.03. The number of rotatable bonds is 3. The molecule has 1 aromatic heterocycles. The molecule has 0 amide bonds. The van der Waals surface area contributed by atoms with Gasteiger partial charge in [-0.15, -0.1) is 11.3 Å². The van der Waals surface area contributed by atoms with Crippen LogP contribution in [0, 0.1) is 11.8 Å². The van der Waals surface area contributed by atoms with Gasteiger partial charge < -0.3 is 10.5 Å². The van der Waals surface area contributed by atoms with E-state index in [1.54, 1.807) is 11.3 Å². The van der Waals surface area contributed by atoms with Gasteiger partial charge >= 0.3 is 5.97 Å². The number of hydrogen-bond acceptors (Lipinski definition) is 4. The van der Waals surface area contributed by atoms with Crippen molar-refractivity contribution in [3.63, 3.8) is 0 Å². The molecular formula is C14H21NO2S. The monoisotopic (exact) mass is 267 g/mol. The van der Waals surface area contributed by atoms with Crippen molar-refractivity contribution < 1.29 is 9.53 Å². The molecule has 2 rings (SSSR count). The molecule has 1 aromatic rings. The van der Waals surface area contributed by atoms with E-state index in [0.29, 0.717) is 29.0 Å². The van der Waals surface area contributed by atoms with Crippen LogP contribution in [-0.2, 0) is 17.6 Å². The first-order chi connectivity index (χ1) is 8.49. The predicted molar refractivity (Wildman–Crippen MR) is 75.0 cm³/mol. The van der Waals surface area contributed by atoms with Crippen molar-refractivity contribution in [1.29, 1.82) is 0 Å². The van der Waals surface area contributed by atoms with Crippen LogP contribution in [0.4, 0.5) is 5.00 Å². The molecule has 0 spiro atoms. The summed E-state index contributed by atoms with van der Waals surface area (Å²) in [6.07, 6.45) is 3.19. The summed E-state index contributed by atoms with van der Waals surface area (Å²) >= 11 is 1.56. The molecule has 0 bridgehead atoms. The van der Waals surface area contributed by atoms with Gasteiger partial charge in [0.2, 0.25) is 0 Å². The Balaban J connectivity index is 2.22. The summed E-state index contributed by atoms with van der Waals surface area (Å²) in [4.78, 5) is 13.4. The summed E-state index contributed by atoms with van der Waals surface area (Å²) in [7, 11) is 0. The van der Waals surface area contributed by atoms with Gasteiger partial charge in [-0.3, -0.25) is 0 Å². The number of hydrogen-bond donors (Lipinski definition) is 1. The van der Waals surface area contributed by atoms with Gasteiger partial charge in [0.25, 0.3) is 0 Å². The molecule has 18 heavy (non-hydrogen) atoms. The number of carbonyl (C=O) groups excluding carboxylic acids is 1. The van der Waals surface area contributed by atoms with Crippen LogP contribution < -0.4 is 5.73 Å². The topological polar surface area (TPSA) is 52.3 Å². The van der Waals surface area contributed by atoms with E-state index in [-0.39, 0.29) is 5.97 Å². The molecule has 2 N–H and O–H groups in total. The second kappa shape index (κ2) is 5.31. The Kier molecular flexibility index (Phi) is 3.95. The van der Waals surface area contributed by atoms with E-state index in [1.165, 1.54) is 11.3 Å². The average Bonchev–Trinajstić information content (AvgIpc) is 2.61. The number of fused-ring (bicyclic) bond motifs is 1. The van der Waals surface area contributed by atoms with Crippen LogP contribution in [0.3, 0.4) is 0 Å². The van der Waals surface area contributed by atoms with E-state index < -0.39 is 0 Å². The number of nitrogens with two attached hydrogens (primary N) is 1. The lowest BCUT2D eigenvalue weighted by Crippen LogP contribution is -2.16. The van der Waals surface area contributed by atoms with Crippen LogP contribution in [-0.4, -0.2) is 12.6 Å². The van der Waals surface area contributed by atoms with E-state index in [2.05, 4.69) is 6.92 Å². The lowest BCUT2D eigenvalue weighted by Gasteiger charge is -2.19. The average molecular weight is 267 g/mol. The quantitative estimate of drug-likeness (QED) is 0.855. The lowest BCUT2D eigenvalue weighted by molar-refractivity contribution is 0.0459. The Morgan fingerprint density at radius 1 is 1.56 bits per heavy atom. The van der Waals surface area contributed by atoms with E-state index >= 15 is 0 Å². The zero-order chi connectivity index (χ0) is 13.3. The van der Waals surface area contributed by atoms with Crippen molar-refractivity contribution in [3.05, 3.63) is 16.0 Å². The highest BCUT2D eigenvalue weighted by molar-refractivity contribution is 7.16.